The Bertz CT molecular complexity index is 632. The maximum atomic E-state index is 10.8. The lowest BCUT2D eigenvalue weighted by atomic mass is 10.0. The fourth-order valence-electron chi connectivity index (χ4n) is 3.37. The van der Waals surface area contributed by atoms with Crippen LogP contribution in [-0.4, -0.2) is 18.9 Å². The van der Waals surface area contributed by atoms with Crippen LogP contribution in [-0.2, 0) is 11.2 Å². The zero-order valence-corrected chi connectivity index (χ0v) is 13.2. The van der Waals surface area contributed by atoms with Crippen LogP contribution in [0.15, 0.2) is 48.5 Å². The molecule has 1 heterocycles. The molecular weight excluding hydrogens is 270 g/mol. The number of anilines is 1. The van der Waals surface area contributed by atoms with Crippen molar-refractivity contribution in [2.24, 2.45) is 0 Å². The van der Waals surface area contributed by atoms with Gasteiger partial charge in [-0.2, -0.15) is 0 Å². The molecule has 1 fully saturated rings. The molecule has 2 aromatic carbocycles. The first kappa shape index (κ1) is 14.8. The van der Waals surface area contributed by atoms with E-state index in [0.717, 1.165) is 25.7 Å². The summed E-state index contributed by atoms with van der Waals surface area (Å²) in [5.41, 5.74) is 5.31. The predicted molar refractivity (Wildman–Crippen MR) is 91.5 cm³/mol. The topological polar surface area (TPSA) is 20.3 Å². The Morgan fingerprint density at radius 1 is 1.14 bits per heavy atom. The zero-order valence-electron chi connectivity index (χ0n) is 13.2. The van der Waals surface area contributed by atoms with Gasteiger partial charge >= 0.3 is 0 Å². The Balaban J connectivity index is 1.73. The van der Waals surface area contributed by atoms with E-state index in [4.69, 9.17) is 0 Å². The summed E-state index contributed by atoms with van der Waals surface area (Å²) in [5.74, 6) is 0. The minimum absolute atomic E-state index is 0.389. The maximum Gasteiger partial charge on any atom is 0.122 e. The number of hydrogen-bond acceptors (Lipinski definition) is 2. The van der Waals surface area contributed by atoms with Crippen molar-refractivity contribution in [1.82, 2.24) is 0 Å². The summed E-state index contributed by atoms with van der Waals surface area (Å²) in [6, 6.07) is 17.8. The number of carbonyl (C=O) groups excluding carboxylic acids is 1. The number of hydrogen-bond donors (Lipinski definition) is 0. The highest BCUT2D eigenvalue weighted by Gasteiger charge is 2.23. The Hall–Kier alpha value is -2.09. The van der Waals surface area contributed by atoms with Crippen LogP contribution >= 0.6 is 0 Å². The van der Waals surface area contributed by atoms with Gasteiger partial charge < -0.3 is 9.69 Å². The molecule has 0 unspecified atom stereocenters. The van der Waals surface area contributed by atoms with Crippen LogP contribution in [0.5, 0.6) is 0 Å². The third-order valence-corrected chi connectivity index (χ3v) is 4.67. The SMILES string of the molecule is Cc1ccccc1Cc1ccc(N2CCC[C@H]2CC=O)cc1. The molecule has 0 aliphatic carbocycles. The summed E-state index contributed by atoms with van der Waals surface area (Å²) < 4.78 is 0. The average molecular weight is 293 g/mol. The Morgan fingerprint density at radius 2 is 1.91 bits per heavy atom. The van der Waals surface area contributed by atoms with Gasteiger partial charge in [0.25, 0.3) is 0 Å². The van der Waals surface area contributed by atoms with Crippen molar-refractivity contribution >= 4 is 12.0 Å². The molecule has 2 nitrogen and oxygen atoms in total. The van der Waals surface area contributed by atoms with Gasteiger partial charge in [-0.15, -0.1) is 0 Å². The Kier molecular flexibility index (Phi) is 4.57. The van der Waals surface area contributed by atoms with Crippen molar-refractivity contribution in [3.05, 3.63) is 65.2 Å². The van der Waals surface area contributed by atoms with Crippen molar-refractivity contribution in [3.8, 4) is 0 Å². The van der Waals surface area contributed by atoms with E-state index in [-0.39, 0.29) is 0 Å². The number of benzene rings is 2. The van der Waals surface area contributed by atoms with Gasteiger partial charge in [-0.25, -0.2) is 0 Å². The van der Waals surface area contributed by atoms with Gasteiger partial charge in [0.2, 0.25) is 0 Å². The van der Waals surface area contributed by atoms with Crippen LogP contribution in [0.3, 0.4) is 0 Å². The van der Waals surface area contributed by atoms with Crippen LogP contribution in [0, 0.1) is 6.92 Å². The first-order valence-electron chi connectivity index (χ1n) is 8.11. The standard InChI is InChI=1S/C20H23NO/c1-16-5-2-3-6-18(16)15-17-8-10-20(11-9-17)21-13-4-7-19(21)12-14-22/h2-3,5-6,8-11,14,19H,4,7,12-13,15H2,1H3/t19-/m0/s1. The third-order valence-electron chi connectivity index (χ3n) is 4.67. The fraction of sp³-hybridized carbons (Fsp3) is 0.350. The number of aryl methyl sites for hydroxylation is 1. The Morgan fingerprint density at radius 3 is 2.64 bits per heavy atom. The van der Waals surface area contributed by atoms with Gasteiger partial charge in [0.1, 0.15) is 6.29 Å². The second-order valence-electron chi connectivity index (χ2n) is 6.16. The molecular formula is C20H23NO. The number of nitrogens with zero attached hydrogens (tertiary/aromatic N) is 1. The molecule has 1 aliphatic rings. The molecule has 0 saturated carbocycles. The fourth-order valence-corrected chi connectivity index (χ4v) is 3.37. The summed E-state index contributed by atoms with van der Waals surface area (Å²) in [5, 5.41) is 0. The largest absolute Gasteiger partial charge is 0.368 e. The van der Waals surface area contributed by atoms with Crippen LogP contribution in [0.2, 0.25) is 0 Å². The summed E-state index contributed by atoms with van der Waals surface area (Å²) in [6.07, 6.45) is 4.98. The number of aldehydes is 1. The van der Waals surface area contributed by atoms with Gasteiger partial charge in [0.15, 0.2) is 0 Å². The third kappa shape index (κ3) is 3.22. The molecule has 1 atom stereocenters. The minimum atomic E-state index is 0.389. The minimum Gasteiger partial charge on any atom is -0.368 e. The van der Waals surface area contributed by atoms with E-state index in [1.807, 2.05) is 0 Å². The van der Waals surface area contributed by atoms with Crippen LogP contribution < -0.4 is 4.90 Å². The number of rotatable bonds is 5. The van der Waals surface area contributed by atoms with Gasteiger partial charge in [0.05, 0.1) is 0 Å². The van der Waals surface area contributed by atoms with Crippen molar-refractivity contribution in [3.63, 3.8) is 0 Å². The van der Waals surface area contributed by atoms with Gasteiger partial charge in [-0.1, -0.05) is 36.4 Å². The lowest BCUT2D eigenvalue weighted by molar-refractivity contribution is -0.108. The number of carbonyl (C=O) groups is 1. The second kappa shape index (κ2) is 6.78. The molecule has 0 radical (unpaired) electrons. The summed E-state index contributed by atoms with van der Waals surface area (Å²) >= 11 is 0. The first-order chi connectivity index (χ1) is 10.8. The molecule has 0 N–H and O–H groups in total. The van der Waals surface area contributed by atoms with E-state index in [0.29, 0.717) is 12.5 Å². The normalized spacial score (nSPS) is 17.7. The molecule has 0 bridgehead atoms. The highest BCUT2D eigenvalue weighted by molar-refractivity contribution is 5.56. The van der Waals surface area contributed by atoms with Crippen molar-refractivity contribution < 1.29 is 4.79 Å². The predicted octanol–water partition coefficient (Wildman–Crippen LogP) is 4.14. The Labute approximate surface area is 132 Å². The van der Waals surface area contributed by atoms with E-state index in [2.05, 4.69) is 60.4 Å². The smallest absolute Gasteiger partial charge is 0.122 e. The summed E-state index contributed by atoms with van der Waals surface area (Å²) in [6.45, 7) is 3.23. The molecule has 0 amide bonds. The van der Waals surface area contributed by atoms with Crippen LogP contribution in [0.1, 0.15) is 36.0 Å². The van der Waals surface area contributed by atoms with E-state index < -0.39 is 0 Å². The van der Waals surface area contributed by atoms with Crippen molar-refractivity contribution in [1.29, 1.82) is 0 Å². The molecule has 1 saturated heterocycles. The van der Waals surface area contributed by atoms with Crippen LogP contribution in [0.25, 0.3) is 0 Å². The molecule has 2 heteroatoms. The highest BCUT2D eigenvalue weighted by atomic mass is 16.1. The molecule has 3 rings (SSSR count). The highest BCUT2D eigenvalue weighted by Crippen LogP contribution is 2.27. The second-order valence-corrected chi connectivity index (χ2v) is 6.16. The summed E-state index contributed by atoms with van der Waals surface area (Å²) in [7, 11) is 0. The van der Waals surface area contributed by atoms with Crippen molar-refractivity contribution in [2.45, 2.75) is 38.6 Å². The van der Waals surface area contributed by atoms with E-state index >= 15 is 0 Å². The van der Waals surface area contributed by atoms with Gasteiger partial charge in [0, 0.05) is 24.7 Å². The van der Waals surface area contributed by atoms with E-state index in [9.17, 15) is 4.79 Å². The maximum absolute atomic E-state index is 10.8. The lowest BCUT2D eigenvalue weighted by Gasteiger charge is -2.25. The molecule has 22 heavy (non-hydrogen) atoms. The molecule has 1 aliphatic heterocycles. The quantitative estimate of drug-likeness (QED) is 0.772. The molecule has 0 aromatic heterocycles. The zero-order chi connectivity index (χ0) is 15.4. The average Bonchev–Trinajstić information content (AvgIpc) is 2.99. The monoisotopic (exact) mass is 293 g/mol. The molecule has 0 spiro atoms. The molecule has 2 aromatic rings. The van der Waals surface area contributed by atoms with Gasteiger partial charge in [-0.05, 0) is 55.0 Å². The van der Waals surface area contributed by atoms with E-state index in [1.54, 1.807) is 0 Å². The summed E-state index contributed by atoms with van der Waals surface area (Å²) in [4.78, 5) is 13.2. The van der Waals surface area contributed by atoms with Crippen molar-refractivity contribution in [2.75, 3.05) is 11.4 Å². The van der Waals surface area contributed by atoms with Gasteiger partial charge in [-0.3, -0.25) is 0 Å². The van der Waals surface area contributed by atoms with Crippen LogP contribution in [0.4, 0.5) is 5.69 Å². The lowest BCUT2D eigenvalue weighted by Crippen LogP contribution is -2.29. The van der Waals surface area contributed by atoms with E-state index in [1.165, 1.54) is 28.8 Å². The first-order valence-corrected chi connectivity index (χ1v) is 8.11. The molecule has 114 valence electrons.